The second kappa shape index (κ2) is 58.7. The lowest BCUT2D eigenvalue weighted by Gasteiger charge is -2.18. The number of ether oxygens (including phenoxy) is 3. The minimum Gasteiger partial charge on any atom is -0.462 e. The number of allylic oxidation sites excluding steroid dienone is 2. The first-order valence-corrected chi connectivity index (χ1v) is 31.2. The topological polar surface area (TPSA) is 78.9 Å². The monoisotopic (exact) mass is 973 g/mol. The van der Waals surface area contributed by atoms with Gasteiger partial charge in [-0.3, -0.25) is 14.4 Å². The van der Waals surface area contributed by atoms with E-state index in [0.29, 0.717) is 19.3 Å². The first kappa shape index (κ1) is 67.1. The van der Waals surface area contributed by atoms with Crippen LogP contribution < -0.4 is 0 Å². The van der Waals surface area contributed by atoms with Crippen LogP contribution in [0.5, 0.6) is 0 Å². The summed E-state index contributed by atoms with van der Waals surface area (Å²) in [5, 5.41) is 0. The van der Waals surface area contributed by atoms with Crippen LogP contribution in [0, 0.1) is 0 Å². The Labute approximate surface area is 431 Å². The predicted octanol–water partition coefficient (Wildman–Crippen LogP) is 20.9. The van der Waals surface area contributed by atoms with Gasteiger partial charge in [-0.25, -0.2) is 0 Å². The van der Waals surface area contributed by atoms with Crippen LogP contribution >= 0.6 is 0 Å². The Morgan fingerprint density at radius 3 is 0.725 bits per heavy atom. The highest BCUT2D eigenvalue weighted by atomic mass is 16.6. The fourth-order valence-corrected chi connectivity index (χ4v) is 9.56. The Balaban J connectivity index is 4.08. The van der Waals surface area contributed by atoms with Crippen molar-refractivity contribution in [2.75, 3.05) is 13.2 Å². The lowest BCUT2D eigenvalue weighted by molar-refractivity contribution is -0.167. The SMILES string of the molecule is CCCCCCCC/C=C\CCCCCCCCCC(=O)OC(COC(=O)CCCCCCCCCC)COC(=O)CCCCCCCCCCCCCCCCCCCCCCCCCCCC. The second-order valence-corrected chi connectivity index (χ2v) is 21.3. The zero-order valence-electron chi connectivity index (χ0n) is 46.9. The van der Waals surface area contributed by atoms with Crippen LogP contribution in [0.3, 0.4) is 0 Å². The first-order chi connectivity index (χ1) is 34.0. The number of hydrogen-bond donors (Lipinski definition) is 0. The number of rotatable bonds is 58. The highest BCUT2D eigenvalue weighted by Crippen LogP contribution is 2.18. The van der Waals surface area contributed by atoms with Crippen LogP contribution in [-0.4, -0.2) is 37.2 Å². The normalized spacial score (nSPS) is 12.0. The largest absolute Gasteiger partial charge is 0.462 e. The van der Waals surface area contributed by atoms with Gasteiger partial charge in [-0.1, -0.05) is 303 Å². The molecule has 0 aliphatic heterocycles. The standard InChI is InChI=1S/C63H120O6/c1-4-7-10-13-16-19-21-23-25-27-28-29-30-31-32-33-34-35-37-38-40-42-44-47-50-53-56-62(65)68-59-60(58-67-61(64)55-52-49-46-18-15-12-9-6-3)69-63(66)57-54-51-48-45-43-41-39-36-26-24-22-20-17-14-11-8-5-2/h24,26,60H,4-23,25,27-59H2,1-3H3/b26-24-. The van der Waals surface area contributed by atoms with Gasteiger partial charge in [0.25, 0.3) is 0 Å². The van der Waals surface area contributed by atoms with E-state index >= 15 is 0 Å². The second-order valence-electron chi connectivity index (χ2n) is 21.3. The zero-order chi connectivity index (χ0) is 50.0. The summed E-state index contributed by atoms with van der Waals surface area (Å²) in [6.07, 6.45) is 68.1. The third-order valence-electron chi connectivity index (χ3n) is 14.3. The first-order valence-electron chi connectivity index (χ1n) is 31.2. The van der Waals surface area contributed by atoms with E-state index < -0.39 is 6.10 Å². The van der Waals surface area contributed by atoms with E-state index in [1.807, 2.05) is 0 Å². The number of carbonyl (C=O) groups is 3. The average Bonchev–Trinajstić information content (AvgIpc) is 3.35. The molecule has 6 heteroatoms. The van der Waals surface area contributed by atoms with Gasteiger partial charge in [-0.2, -0.15) is 0 Å². The summed E-state index contributed by atoms with van der Waals surface area (Å²) in [7, 11) is 0. The summed E-state index contributed by atoms with van der Waals surface area (Å²) < 4.78 is 16.8. The van der Waals surface area contributed by atoms with Gasteiger partial charge in [-0.15, -0.1) is 0 Å². The molecule has 0 aliphatic rings. The third-order valence-corrected chi connectivity index (χ3v) is 14.3. The van der Waals surface area contributed by atoms with Gasteiger partial charge in [0.15, 0.2) is 6.10 Å². The minimum atomic E-state index is -0.766. The van der Waals surface area contributed by atoms with Gasteiger partial charge in [0, 0.05) is 19.3 Å². The lowest BCUT2D eigenvalue weighted by atomic mass is 10.0. The summed E-state index contributed by atoms with van der Waals surface area (Å²) in [4.78, 5) is 38.0. The number of hydrogen-bond acceptors (Lipinski definition) is 6. The minimum absolute atomic E-state index is 0.0661. The molecule has 408 valence electrons. The molecule has 69 heavy (non-hydrogen) atoms. The third kappa shape index (κ3) is 56.9. The smallest absolute Gasteiger partial charge is 0.306 e. The molecule has 0 rings (SSSR count). The van der Waals surface area contributed by atoms with Gasteiger partial charge >= 0.3 is 17.9 Å². The van der Waals surface area contributed by atoms with Crippen LogP contribution in [-0.2, 0) is 28.6 Å². The van der Waals surface area contributed by atoms with Crippen molar-refractivity contribution in [3.05, 3.63) is 12.2 Å². The highest BCUT2D eigenvalue weighted by molar-refractivity contribution is 5.71. The van der Waals surface area contributed by atoms with E-state index in [4.69, 9.17) is 14.2 Å². The average molecular weight is 974 g/mol. The van der Waals surface area contributed by atoms with Crippen LogP contribution in [0.15, 0.2) is 12.2 Å². The predicted molar refractivity (Wildman–Crippen MR) is 298 cm³/mol. The van der Waals surface area contributed by atoms with Crippen molar-refractivity contribution in [1.82, 2.24) is 0 Å². The molecular formula is C63H120O6. The molecule has 0 heterocycles. The van der Waals surface area contributed by atoms with Crippen molar-refractivity contribution >= 4 is 17.9 Å². The molecule has 0 bridgehead atoms. The van der Waals surface area contributed by atoms with Crippen molar-refractivity contribution in [3.8, 4) is 0 Å². The van der Waals surface area contributed by atoms with Gasteiger partial charge in [0.1, 0.15) is 13.2 Å². The van der Waals surface area contributed by atoms with Crippen molar-refractivity contribution in [1.29, 1.82) is 0 Å². The van der Waals surface area contributed by atoms with Gasteiger partial charge in [0.05, 0.1) is 0 Å². The van der Waals surface area contributed by atoms with Crippen LogP contribution in [0.4, 0.5) is 0 Å². The summed E-state index contributed by atoms with van der Waals surface area (Å²) in [6, 6.07) is 0. The molecule has 0 aromatic rings. The Morgan fingerprint density at radius 2 is 0.478 bits per heavy atom. The fraction of sp³-hybridized carbons (Fsp3) is 0.921. The molecule has 1 unspecified atom stereocenters. The van der Waals surface area contributed by atoms with Crippen LogP contribution in [0.25, 0.3) is 0 Å². The fourth-order valence-electron chi connectivity index (χ4n) is 9.56. The lowest BCUT2D eigenvalue weighted by Crippen LogP contribution is -2.30. The van der Waals surface area contributed by atoms with E-state index in [0.717, 1.165) is 57.8 Å². The number of unbranched alkanes of at least 4 members (excludes halogenated alkanes) is 45. The molecule has 0 aliphatic carbocycles. The molecule has 0 aromatic carbocycles. The number of esters is 3. The highest BCUT2D eigenvalue weighted by Gasteiger charge is 2.19. The van der Waals surface area contributed by atoms with Gasteiger partial charge < -0.3 is 14.2 Å². The van der Waals surface area contributed by atoms with Gasteiger partial charge in [-0.05, 0) is 44.9 Å². The maximum atomic E-state index is 12.8. The molecule has 0 saturated heterocycles. The van der Waals surface area contributed by atoms with E-state index in [1.54, 1.807) is 0 Å². The van der Waals surface area contributed by atoms with Crippen LogP contribution in [0.1, 0.15) is 355 Å². The van der Waals surface area contributed by atoms with E-state index in [2.05, 4.69) is 32.9 Å². The molecule has 0 fully saturated rings. The van der Waals surface area contributed by atoms with Crippen molar-refractivity contribution in [3.63, 3.8) is 0 Å². The van der Waals surface area contributed by atoms with Crippen molar-refractivity contribution in [2.24, 2.45) is 0 Å². The molecular weight excluding hydrogens is 853 g/mol. The Hall–Kier alpha value is -1.85. The maximum absolute atomic E-state index is 12.8. The molecule has 0 aromatic heterocycles. The molecule has 0 radical (unpaired) electrons. The Bertz CT molecular complexity index is 1070. The summed E-state index contributed by atoms with van der Waals surface area (Å²) >= 11 is 0. The molecule has 6 nitrogen and oxygen atoms in total. The number of carbonyl (C=O) groups excluding carboxylic acids is 3. The summed E-state index contributed by atoms with van der Waals surface area (Å²) in [6.45, 7) is 6.67. The molecule has 1 atom stereocenters. The Kier molecular flexibility index (Phi) is 57.1. The molecule has 0 saturated carbocycles. The summed E-state index contributed by atoms with van der Waals surface area (Å²) in [5.74, 6) is -0.851. The molecule has 0 spiro atoms. The Morgan fingerprint density at radius 1 is 0.275 bits per heavy atom. The summed E-state index contributed by atoms with van der Waals surface area (Å²) in [5.41, 5.74) is 0. The van der Waals surface area contributed by atoms with E-state index in [-0.39, 0.29) is 31.1 Å². The molecule has 0 N–H and O–H groups in total. The van der Waals surface area contributed by atoms with E-state index in [9.17, 15) is 14.4 Å². The quantitative estimate of drug-likeness (QED) is 0.0261. The van der Waals surface area contributed by atoms with Gasteiger partial charge in [0.2, 0.25) is 0 Å². The van der Waals surface area contributed by atoms with E-state index in [1.165, 1.54) is 257 Å². The maximum Gasteiger partial charge on any atom is 0.306 e. The van der Waals surface area contributed by atoms with Crippen molar-refractivity contribution in [2.45, 2.75) is 361 Å². The van der Waals surface area contributed by atoms with Crippen molar-refractivity contribution < 1.29 is 28.6 Å². The van der Waals surface area contributed by atoms with Crippen LogP contribution in [0.2, 0.25) is 0 Å². The zero-order valence-corrected chi connectivity index (χ0v) is 46.9. The molecule has 0 amide bonds.